The highest BCUT2D eigenvalue weighted by Crippen LogP contribution is 2.16. The van der Waals surface area contributed by atoms with Crippen molar-refractivity contribution in [2.75, 3.05) is 5.32 Å². The average molecular weight is 378 g/mol. The van der Waals surface area contributed by atoms with Crippen molar-refractivity contribution in [3.63, 3.8) is 0 Å². The van der Waals surface area contributed by atoms with Crippen LogP contribution in [0.25, 0.3) is 0 Å². The lowest BCUT2D eigenvalue weighted by Crippen LogP contribution is -2.24. The Hall–Kier alpha value is -3.78. The van der Waals surface area contributed by atoms with Crippen LogP contribution in [0.4, 0.5) is 11.4 Å². The smallest absolute Gasteiger partial charge is 0.276 e. The SMILES string of the molecule is O=C(NOCc1ccc([N+](=O)[O-])cc1)c1ccccc1NCc1ccncc1. The quantitative estimate of drug-likeness (QED) is 0.459. The van der Waals surface area contributed by atoms with E-state index in [9.17, 15) is 14.9 Å². The number of hydroxylamine groups is 1. The Balaban J connectivity index is 1.56. The molecule has 8 heteroatoms. The van der Waals surface area contributed by atoms with Gasteiger partial charge in [0, 0.05) is 36.8 Å². The van der Waals surface area contributed by atoms with Crippen molar-refractivity contribution >= 4 is 17.3 Å². The fourth-order valence-electron chi connectivity index (χ4n) is 2.49. The largest absolute Gasteiger partial charge is 0.380 e. The van der Waals surface area contributed by atoms with Crippen molar-refractivity contribution in [1.82, 2.24) is 10.5 Å². The van der Waals surface area contributed by atoms with Crippen LogP contribution in [0, 0.1) is 10.1 Å². The fraction of sp³-hybridized carbons (Fsp3) is 0.100. The number of benzene rings is 2. The summed E-state index contributed by atoms with van der Waals surface area (Å²) in [4.78, 5) is 31.8. The lowest BCUT2D eigenvalue weighted by molar-refractivity contribution is -0.384. The molecule has 0 radical (unpaired) electrons. The highest BCUT2D eigenvalue weighted by molar-refractivity contribution is 5.98. The number of nitro groups is 1. The molecule has 1 amide bonds. The third-order valence-electron chi connectivity index (χ3n) is 3.95. The number of nitrogens with zero attached hydrogens (tertiary/aromatic N) is 2. The monoisotopic (exact) mass is 378 g/mol. The number of aromatic nitrogens is 1. The normalized spacial score (nSPS) is 10.3. The molecule has 3 aromatic rings. The van der Waals surface area contributed by atoms with Gasteiger partial charge in [0.05, 0.1) is 17.1 Å². The number of nitro benzene ring substituents is 1. The molecular weight excluding hydrogens is 360 g/mol. The Labute approximate surface area is 161 Å². The van der Waals surface area contributed by atoms with Crippen LogP contribution in [-0.4, -0.2) is 15.8 Å². The summed E-state index contributed by atoms with van der Waals surface area (Å²) in [5.74, 6) is -0.389. The standard InChI is InChI=1S/C20H18N4O4/c25-20(23-28-14-16-5-7-17(8-6-16)24(26)27)18-3-1-2-4-19(18)22-13-15-9-11-21-12-10-15/h1-12,22H,13-14H2,(H,23,25). The van der Waals surface area contributed by atoms with Crippen molar-refractivity contribution in [1.29, 1.82) is 0 Å². The molecule has 0 atom stereocenters. The molecule has 0 bridgehead atoms. The second-order valence-electron chi connectivity index (χ2n) is 5.90. The maximum Gasteiger partial charge on any atom is 0.276 e. The van der Waals surface area contributed by atoms with Gasteiger partial charge in [0.15, 0.2) is 0 Å². The highest BCUT2D eigenvalue weighted by Gasteiger charge is 2.11. The van der Waals surface area contributed by atoms with Gasteiger partial charge < -0.3 is 5.32 Å². The minimum absolute atomic E-state index is 0.00184. The van der Waals surface area contributed by atoms with E-state index in [1.165, 1.54) is 12.1 Å². The summed E-state index contributed by atoms with van der Waals surface area (Å²) in [6.07, 6.45) is 3.42. The van der Waals surface area contributed by atoms with E-state index >= 15 is 0 Å². The van der Waals surface area contributed by atoms with Gasteiger partial charge in [0.2, 0.25) is 0 Å². The first kappa shape index (κ1) is 19.0. The van der Waals surface area contributed by atoms with Crippen molar-refractivity contribution < 1.29 is 14.6 Å². The molecule has 0 aliphatic heterocycles. The molecule has 28 heavy (non-hydrogen) atoms. The third kappa shape index (κ3) is 5.12. The van der Waals surface area contributed by atoms with E-state index in [2.05, 4.69) is 15.8 Å². The minimum atomic E-state index is -0.470. The molecule has 1 heterocycles. The van der Waals surface area contributed by atoms with Crippen LogP contribution < -0.4 is 10.8 Å². The van der Waals surface area contributed by atoms with E-state index < -0.39 is 4.92 Å². The molecule has 0 saturated heterocycles. The molecule has 8 nitrogen and oxygen atoms in total. The van der Waals surface area contributed by atoms with Crippen molar-refractivity contribution in [3.8, 4) is 0 Å². The zero-order chi connectivity index (χ0) is 19.8. The van der Waals surface area contributed by atoms with Gasteiger partial charge in [-0.2, -0.15) is 0 Å². The van der Waals surface area contributed by atoms with Gasteiger partial charge in [-0.15, -0.1) is 0 Å². The number of non-ortho nitro benzene ring substituents is 1. The second-order valence-corrected chi connectivity index (χ2v) is 5.90. The summed E-state index contributed by atoms with van der Waals surface area (Å²) in [6, 6.07) is 16.8. The lowest BCUT2D eigenvalue weighted by atomic mass is 10.1. The minimum Gasteiger partial charge on any atom is -0.380 e. The zero-order valence-corrected chi connectivity index (χ0v) is 14.9. The first-order valence-electron chi connectivity index (χ1n) is 8.51. The number of hydrogen-bond donors (Lipinski definition) is 2. The summed E-state index contributed by atoms with van der Waals surface area (Å²) in [5, 5.41) is 13.9. The summed E-state index contributed by atoms with van der Waals surface area (Å²) < 4.78 is 0. The van der Waals surface area contributed by atoms with Crippen LogP contribution in [0.1, 0.15) is 21.5 Å². The number of para-hydroxylation sites is 1. The molecule has 0 aliphatic rings. The summed E-state index contributed by atoms with van der Waals surface area (Å²) in [6.45, 7) is 0.646. The number of rotatable bonds is 8. The van der Waals surface area contributed by atoms with Gasteiger partial charge in [-0.1, -0.05) is 12.1 Å². The molecule has 0 unspecified atom stereocenters. The maximum atomic E-state index is 12.4. The molecular formula is C20H18N4O4. The molecule has 3 rings (SSSR count). The molecule has 1 aromatic heterocycles. The molecule has 0 spiro atoms. The lowest BCUT2D eigenvalue weighted by Gasteiger charge is -2.12. The van der Waals surface area contributed by atoms with Gasteiger partial charge in [-0.05, 0) is 47.5 Å². The Morgan fingerprint density at radius 3 is 2.43 bits per heavy atom. The number of carbonyl (C=O) groups is 1. The summed E-state index contributed by atoms with van der Waals surface area (Å²) >= 11 is 0. The first-order chi connectivity index (χ1) is 13.6. The van der Waals surface area contributed by atoms with Crippen molar-refractivity contribution in [3.05, 3.63) is 99.9 Å². The van der Waals surface area contributed by atoms with Gasteiger partial charge in [-0.3, -0.25) is 24.7 Å². The van der Waals surface area contributed by atoms with E-state index in [1.807, 2.05) is 24.3 Å². The van der Waals surface area contributed by atoms with Crippen molar-refractivity contribution in [2.24, 2.45) is 0 Å². The van der Waals surface area contributed by atoms with E-state index in [0.717, 1.165) is 5.56 Å². The van der Waals surface area contributed by atoms with Crippen LogP contribution in [0.15, 0.2) is 73.1 Å². The van der Waals surface area contributed by atoms with E-state index in [4.69, 9.17) is 4.84 Å². The van der Waals surface area contributed by atoms with E-state index in [-0.39, 0.29) is 18.2 Å². The number of carbonyl (C=O) groups excluding carboxylic acids is 1. The second kappa shape index (κ2) is 9.24. The number of amides is 1. The Bertz CT molecular complexity index is 946. The molecule has 2 N–H and O–H groups in total. The summed E-state index contributed by atoms with van der Waals surface area (Å²) in [5.41, 5.74) is 5.27. The molecule has 142 valence electrons. The van der Waals surface area contributed by atoms with Gasteiger partial charge in [0.1, 0.15) is 0 Å². The molecule has 0 fully saturated rings. The fourth-order valence-corrected chi connectivity index (χ4v) is 2.49. The maximum absolute atomic E-state index is 12.4. The number of nitrogens with one attached hydrogen (secondary N) is 2. The number of pyridine rings is 1. The highest BCUT2D eigenvalue weighted by atomic mass is 16.7. The van der Waals surface area contributed by atoms with Crippen LogP contribution >= 0.6 is 0 Å². The van der Waals surface area contributed by atoms with Crippen LogP contribution in [-0.2, 0) is 18.0 Å². The molecule has 0 aliphatic carbocycles. The average Bonchev–Trinajstić information content (AvgIpc) is 2.73. The Morgan fingerprint density at radius 1 is 1.00 bits per heavy atom. The number of anilines is 1. The van der Waals surface area contributed by atoms with E-state index in [1.54, 1.807) is 36.7 Å². The first-order valence-corrected chi connectivity index (χ1v) is 8.51. The van der Waals surface area contributed by atoms with Gasteiger partial charge in [-0.25, -0.2) is 5.48 Å². The number of hydrogen-bond acceptors (Lipinski definition) is 6. The predicted molar refractivity (Wildman–Crippen MR) is 103 cm³/mol. The molecule has 2 aromatic carbocycles. The molecule has 0 saturated carbocycles. The van der Waals surface area contributed by atoms with Crippen LogP contribution in [0.5, 0.6) is 0 Å². The van der Waals surface area contributed by atoms with Gasteiger partial charge in [0.25, 0.3) is 11.6 Å². The van der Waals surface area contributed by atoms with Crippen LogP contribution in [0.2, 0.25) is 0 Å². The topological polar surface area (TPSA) is 106 Å². The Morgan fingerprint density at radius 2 is 1.71 bits per heavy atom. The van der Waals surface area contributed by atoms with Crippen molar-refractivity contribution in [2.45, 2.75) is 13.2 Å². The Kier molecular flexibility index (Phi) is 6.27. The van der Waals surface area contributed by atoms with E-state index in [0.29, 0.717) is 23.4 Å². The predicted octanol–water partition coefficient (Wildman–Crippen LogP) is 3.46. The summed E-state index contributed by atoms with van der Waals surface area (Å²) in [7, 11) is 0. The zero-order valence-electron chi connectivity index (χ0n) is 14.9. The van der Waals surface area contributed by atoms with Crippen LogP contribution in [0.3, 0.4) is 0 Å². The van der Waals surface area contributed by atoms with Gasteiger partial charge >= 0.3 is 0 Å². The third-order valence-corrected chi connectivity index (χ3v) is 3.95.